The molecule has 0 unspecified atom stereocenters. The molecule has 0 fully saturated rings. The minimum atomic E-state index is -0.910. The number of carbonyl (C=O) groups is 3. The van der Waals surface area contributed by atoms with E-state index in [2.05, 4.69) is 15.0 Å². The minimum Gasteiger partial charge on any atom is -0.465 e. The van der Waals surface area contributed by atoms with Crippen LogP contribution in [0, 0.1) is 0 Å². The lowest BCUT2D eigenvalue weighted by Gasteiger charge is -2.21. The van der Waals surface area contributed by atoms with Gasteiger partial charge in [-0.2, -0.15) is 0 Å². The third-order valence-electron chi connectivity index (χ3n) is 2.36. The summed E-state index contributed by atoms with van der Waals surface area (Å²) in [6.45, 7) is 4.69. The highest BCUT2D eigenvalue weighted by atomic mass is 32.2. The SMILES string of the molecule is COC(=O)c1cncc(NC(=O)C(C)(C)SC(C)=O)c1. The average Bonchev–Trinajstić information content (AvgIpc) is 2.36. The molecule has 1 aromatic heterocycles. The van der Waals surface area contributed by atoms with Crippen molar-refractivity contribution in [2.45, 2.75) is 25.5 Å². The standard InChI is InChI=1S/C13H16N2O4S/c1-8(16)20-13(2,3)12(18)15-10-5-9(6-14-7-10)11(17)19-4/h5-7H,1-4H3,(H,15,18). The van der Waals surface area contributed by atoms with Gasteiger partial charge in [0.2, 0.25) is 5.91 Å². The van der Waals surface area contributed by atoms with Crippen LogP contribution in [-0.4, -0.2) is 33.8 Å². The number of pyridine rings is 1. The molecule has 1 rings (SSSR count). The Morgan fingerprint density at radius 1 is 1.30 bits per heavy atom. The van der Waals surface area contributed by atoms with Crippen LogP contribution in [0.5, 0.6) is 0 Å². The number of ether oxygens (including phenoxy) is 1. The highest BCUT2D eigenvalue weighted by Crippen LogP contribution is 2.26. The van der Waals surface area contributed by atoms with Gasteiger partial charge in [-0.3, -0.25) is 14.6 Å². The summed E-state index contributed by atoms with van der Waals surface area (Å²) in [6, 6.07) is 1.46. The molecule has 0 atom stereocenters. The van der Waals surface area contributed by atoms with E-state index in [1.165, 1.54) is 32.5 Å². The first-order chi connectivity index (χ1) is 9.26. The Balaban J connectivity index is 2.85. The van der Waals surface area contributed by atoms with Gasteiger partial charge in [-0.15, -0.1) is 0 Å². The van der Waals surface area contributed by atoms with Crippen LogP contribution >= 0.6 is 11.8 Å². The van der Waals surface area contributed by atoms with Crippen molar-refractivity contribution in [2.75, 3.05) is 12.4 Å². The van der Waals surface area contributed by atoms with Crippen molar-refractivity contribution in [2.24, 2.45) is 0 Å². The van der Waals surface area contributed by atoms with Gasteiger partial charge in [0.25, 0.3) is 0 Å². The fourth-order valence-electron chi connectivity index (χ4n) is 1.43. The van der Waals surface area contributed by atoms with Crippen LogP contribution in [-0.2, 0) is 14.3 Å². The molecule has 0 saturated heterocycles. The largest absolute Gasteiger partial charge is 0.465 e. The maximum Gasteiger partial charge on any atom is 0.339 e. The topological polar surface area (TPSA) is 85.4 Å². The Kier molecular flexibility index (Phi) is 5.26. The van der Waals surface area contributed by atoms with E-state index in [1.807, 2.05) is 0 Å². The summed E-state index contributed by atoms with van der Waals surface area (Å²) in [4.78, 5) is 38.4. The van der Waals surface area contributed by atoms with Crippen LogP contribution in [0.3, 0.4) is 0 Å². The molecule has 1 heterocycles. The van der Waals surface area contributed by atoms with Crippen molar-refractivity contribution in [1.82, 2.24) is 4.98 Å². The van der Waals surface area contributed by atoms with Gasteiger partial charge >= 0.3 is 5.97 Å². The summed E-state index contributed by atoms with van der Waals surface area (Å²) in [6.07, 6.45) is 2.76. The average molecular weight is 296 g/mol. The number of amides is 1. The van der Waals surface area contributed by atoms with Crippen LogP contribution in [0.1, 0.15) is 31.1 Å². The van der Waals surface area contributed by atoms with Crippen LogP contribution in [0.4, 0.5) is 5.69 Å². The fraction of sp³-hybridized carbons (Fsp3) is 0.385. The quantitative estimate of drug-likeness (QED) is 0.854. The van der Waals surface area contributed by atoms with Crippen molar-refractivity contribution in [3.05, 3.63) is 24.0 Å². The molecule has 0 saturated carbocycles. The van der Waals surface area contributed by atoms with Gasteiger partial charge in [0.1, 0.15) is 0 Å². The molecule has 0 aliphatic heterocycles. The first-order valence-electron chi connectivity index (χ1n) is 5.80. The Bertz CT molecular complexity index is 543. The molecule has 7 heteroatoms. The van der Waals surface area contributed by atoms with Crippen LogP contribution in [0.15, 0.2) is 18.5 Å². The molecule has 6 nitrogen and oxygen atoms in total. The van der Waals surface area contributed by atoms with Gasteiger partial charge in [0, 0.05) is 13.1 Å². The molecule has 108 valence electrons. The molecule has 1 amide bonds. The van der Waals surface area contributed by atoms with Gasteiger partial charge in [-0.1, -0.05) is 11.8 Å². The van der Waals surface area contributed by atoms with Crippen molar-refractivity contribution in [3.63, 3.8) is 0 Å². The molecular weight excluding hydrogens is 280 g/mol. The first-order valence-corrected chi connectivity index (χ1v) is 6.62. The Hall–Kier alpha value is -1.89. The van der Waals surface area contributed by atoms with Crippen LogP contribution in [0.2, 0.25) is 0 Å². The van der Waals surface area contributed by atoms with E-state index in [4.69, 9.17) is 0 Å². The lowest BCUT2D eigenvalue weighted by molar-refractivity contribution is -0.118. The zero-order valence-corrected chi connectivity index (χ0v) is 12.5. The van der Waals surface area contributed by atoms with E-state index >= 15 is 0 Å². The Labute approximate surface area is 121 Å². The lowest BCUT2D eigenvalue weighted by atomic mass is 10.2. The van der Waals surface area contributed by atoms with Gasteiger partial charge in [0.15, 0.2) is 5.12 Å². The molecule has 1 aromatic rings. The zero-order valence-electron chi connectivity index (χ0n) is 11.7. The van der Waals surface area contributed by atoms with E-state index < -0.39 is 10.7 Å². The number of nitrogens with one attached hydrogen (secondary N) is 1. The number of thioether (sulfide) groups is 1. The van der Waals surface area contributed by atoms with Gasteiger partial charge in [-0.25, -0.2) is 4.79 Å². The van der Waals surface area contributed by atoms with Gasteiger partial charge in [0.05, 0.1) is 29.3 Å². The summed E-state index contributed by atoms with van der Waals surface area (Å²) < 4.78 is 3.67. The number of esters is 1. The Morgan fingerprint density at radius 2 is 1.95 bits per heavy atom. The van der Waals surface area contributed by atoms with E-state index in [-0.39, 0.29) is 16.6 Å². The number of carbonyl (C=O) groups excluding carboxylic acids is 3. The normalized spacial score (nSPS) is 10.8. The third-order valence-corrected chi connectivity index (χ3v) is 3.35. The molecule has 1 N–H and O–H groups in total. The summed E-state index contributed by atoms with van der Waals surface area (Å²) >= 11 is 0.936. The van der Waals surface area contributed by atoms with E-state index in [9.17, 15) is 14.4 Å². The molecule has 0 bridgehead atoms. The molecule has 0 aromatic carbocycles. The molecule has 0 spiro atoms. The predicted octanol–water partition coefficient (Wildman–Crippen LogP) is 1.86. The summed E-state index contributed by atoms with van der Waals surface area (Å²) in [5.41, 5.74) is 0.609. The third kappa shape index (κ3) is 4.34. The van der Waals surface area contributed by atoms with Gasteiger partial charge < -0.3 is 10.1 Å². The molecular formula is C13H16N2O4S. The lowest BCUT2D eigenvalue weighted by Crippen LogP contribution is -2.35. The number of anilines is 1. The van der Waals surface area contributed by atoms with Crippen molar-refractivity contribution in [1.29, 1.82) is 0 Å². The van der Waals surface area contributed by atoms with E-state index in [0.717, 1.165) is 11.8 Å². The van der Waals surface area contributed by atoms with Crippen molar-refractivity contribution in [3.8, 4) is 0 Å². The number of hydrogen-bond donors (Lipinski definition) is 1. The first kappa shape index (κ1) is 16.2. The Morgan fingerprint density at radius 3 is 2.50 bits per heavy atom. The highest BCUT2D eigenvalue weighted by Gasteiger charge is 2.30. The molecule has 0 aliphatic carbocycles. The van der Waals surface area contributed by atoms with Gasteiger partial charge in [-0.05, 0) is 19.9 Å². The number of nitrogens with zero attached hydrogens (tertiary/aromatic N) is 1. The predicted molar refractivity (Wildman–Crippen MR) is 76.6 cm³/mol. The number of rotatable bonds is 4. The molecule has 0 radical (unpaired) electrons. The zero-order chi connectivity index (χ0) is 15.3. The van der Waals surface area contributed by atoms with E-state index in [1.54, 1.807) is 13.8 Å². The smallest absolute Gasteiger partial charge is 0.339 e. The number of methoxy groups -OCH3 is 1. The van der Waals surface area contributed by atoms with Crippen molar-refractivity contribution >= 4 is 34.4 Å². The maximum atomic E-state index is 12.1. The number of aromatic nitrogens is 1. The van der Waals surface area contributed by atoms with Crippen LogP contribution in [0.25, 0.3) is 0 Å². The highest BCUT2D eigenvalue weighted by molar-refractivity contribution is 8.15. The van der Waals surface area contributed by atoms with Crippen LogP contribution < -0.4 is 5.32 Å². The second-order valence-electron chi connectivity index (χ2n) is 4.51. The molecule has 20 heavy (non-hydrogen) atoms. The minimum absolute atomic E-state index is 0.147. The second kappa shape index (κ2) is 6.51. The summed E-state index contributed by atoms with van der Waals surface area (Å²) in [5.74, 6) is -0.882. The summed E-state index contributed by atoms with van der Waals surface area (Å²) in [5, 5.41) is 2.48. The second-order valence-corrected chi connectivity index (χ2v) is 6.31. The number of hydrogen-bond acceptors (Lipinski definition) is 6. The fourth-order valence-corrected chi connectivity index (χ4v) is 2.29. The van der Waals surface area contributed by atoms with E-state index in [0.29, 0.717) is 5.69 Å². The van der Waals surface area contributed by atoms with Crippen molar-refractivity contribution < 1.29 is 19.1 Å². The molecule has 0 aliphatic rings. The monoisotopic (exact) mass is 296 g/mol. The maximum absolute atomic E-state index is 12.1. The summed E-state index contributed by atoms with van der Waals surface area (Å²) in [7, 11) is 1.26.